The second-order valence-corrected chi connectivity index (χ2v) is 9.56. The van der Waals surface area contributed by atoms with E-state index in [9.17, 15) is 19.8 Å². The van der Waals surface area contributed by atoms with Gasteiger partial charge < -0.3 is 24.4 Å². The maximum Gasteiger partial charge on any atom is 0.375 e. The van der Waals surface area contributed by atoms with E-state index in [1.54, 1.807) is 18.2 Å². The summed E-state index contributed by atoms with van der Waals surface area (Å²) < 4.78 is 16.4. The predicted octanol–water partition coefficient (Wildman–Crippen LogP) is 5.18. The topological polar surface area (TPSA) is 102 Å². The van der Waals surface area contributed by atoms with Gasteiger partial charge in [-0.1, -0.05) is 41.5 Å². The van der Waals surface area contributed by atoms with Crippen molar-refractivity contribution in [3.8, 4) is 11.5 Å². The number of aromatic hydroxyl groups is 2. The molecule has 0 saturated carbocycles. The first-order chi connectivity index (χ1) is 17.5. The molecule has 0 bridgehead atoms. The second kappa shape index (κ2) is 11.4. The van der Waals surface area contributed by atoms with Crippen LogP contribution in [0.2, 0.25) is 0 Å². The maximum atomic E-state index is 13.4. The molecule has 37 heavy (non-hydrogen) atoms. The van der Waals surface area contributed by atoms with Crippen molar-refractivity contribution in [2.24, 2.45) is 0 Å². The van der Waals surface area contributed by atoms with Crippen molar-refractivity contribution in [3.05, 3.63) is 87.7 Å². The minimum Gasteiger partial charge on any atom is -0.508 e. The molecule has 2 aromatic carbocycles. The van der Waals surface area contributed by atoms with Gasteiger partial charge in [0.05, 0.1) is 19.8 Å². The van der Waals surface area contributed by atoms with Crippen molar-refractivity contribution >= 4 is 17.5 Å². The quantitative estimate of drug-likeness (QED) is 0.357. The van der Waals surface area contributed by atoms with Gasteiger partial charge in [-0.2, -0.15) is 0 Å². The molecule has 1 atom stereocenters. The number of rotatable bonds is 9. The van der Waals surface area contributed by atoms with E-state index >= 15 is 0 Å². The van der Waals surface area contributed by atoms with Gasteiger partial charge in [-0.3, -0.25) is 0 Å². The molecule has 1 unspecified atom stereocenters. The van der Waals surface area contributed by atoms with Crippen molar-refractivity contribution < 1.29 is 34.0 Å². The van der Waals surface area contributed by atoms with Crippen molar-refractivity contribution in [1.82, 2.24) is 0 Å². The van der Waals surface area contributed by atoms with Crippen LogP contribution in [0.4, 0.5) is 0 Å². The van der Waals surface area contributed by atoms with Crippen LogP contribution in [-0.2, 0) is 43.1 Å². The summed E-state index contributed by atoms with van der Waals surface area (Å²) in [5, 5.41) is 20.6. The normalized spacial score (nSPS) is 16.8. The largest absolute Gasteiger partial charge is 0.508 e. The summed E-state index contributed by atoms with van der Waals surface area (Å²) in [6.45, 7) is 7.92. The Bertz CT molecular complexity index is 1270. The monoisotopic (exact) mass is 506 g/mol. The summed E-state index contributed by atoms with van der Waals surface area (Å²) in [5.74, 6) is -1.47. The van der Waals surface area contributed by atoms with E-state index in [2.05, 4.69) is 0 Å². The highest BCUT2D eigenvalue weighted by Crippen LogP contribution is 2.44. The number of ether oxygens (including phenoxy) is 3. The number of phenolic OH excluding ortho intramolecular Hbond substituents is 2. The highest BCUT2D eigenvalue weighted by molar-refractivity contribution is 6.11. The van der Waals surface area contributed by atoms with Crippen LogP contribution in [0, 0.1) is 0 Å². The molecule has 2 N–H and O–H groups in total. The van der Waals surface area contributed by atoms with Crippen LogP contribution in [0.25, 0.3) is 5.57 Å². The lowest BCUT2D eigenvalue weighted by Gasteiger charge is -2.29. The van der Waals surface area contributed by atoms with Crippen LogP contribution in [0.5, 0.6) is 11.5 Å². The average molecular weight is 507 g/mol. The molecule has 1 aliphatic heterocycles. The van der Waals surface area contributed by atoms with Gasteiger partial charge >= 0.3 is 11.9 Å². The first-order valence-corrected chi connectivity index (χ1v) is 12.0. The van der Waals surface area contributed by atoms with Crippen LogP contribution < -0.4 is 0 Å². The summed E-state index contributed by atoms with van der Waals surface area (Å²) in [6.07, 6.45) is 5.00. The standard InChI is InChI=1S/C30H34O7/c1-18(2)7-9-21-16-25(32)22(10-8-19(3)4)15-23(21)17-30(29(34)36-6)26(27(35-5)28(33)37-30)20-11-13-24(31)14-12-20/h7-8,11-16,31-32H,9-10,17H2,1-6H3. The molecule has 0 aromatic heterocycles. The molecule has 1 aliphatic rings. The molecule has 3 rings (SSSR count). The third kappa shape index (κ3) is 5.88. The summed E-state index contributed by atoms with van der Waals surface area (Å²) in [7, 11) is 2.57. The van der Waals surface area contributed by atoms with Gasteiger partial charge in [0.1, 0.15) is 11.5 Å². The van der Waals surface area contributed by atoms with E-state index in [1.165, 1.54) is 26.4 Å². The molecule has 7 nitrogen and oxygen atoms in total. The zero-order valence-corrected chi connectivity index (χ0v) is 22.2. The van der Waals surface area contributed by atoms with E-state index in [4.69, 9.17) is 14.2 Å². The zero-order valence-electron chi connectivity index (χ0n) is 22.2. The highest BCUT2D eigenvalue weighted by atomic mass is 16.6. The minimum atomic E-state index is -1.83. The lowest BCUT2D eigenvalue weighted by Crippen LogP contribution is -2.44. The second-order valence-electron chi connectivity index (χ2n) is 9.56. The fraction of sp³-hybridized carbons (Fsp3) is 0.333. The highest BCUT2D eigenvalue weighted by Gasteiger charge is 2.56. The number of allylic oxidation sites excluding steroid dienone is 4. The van der Waals surface area contributed by atoms with E-state index in [0.29, 0.717) is 24.0 Å². The van der Waals surface area contributed by atoms with Gasteiger partial charge in [0, 0.05) is 6.42 Å². The van der Waals surface area contributed by atoms with Crippen molar-refractivity contribution in [1.29, 1.82) is 0 Å². The average Bonchev–Trinajstić information content (AvgIpc) is 3.14. The maximum absolute atomic E-state index is 13.4. The van der Waals surface area contributed by atoms with Crippen LogP contribution in [0.15, 0.2) is 65.5 Å². The van der Waals surface area contributed by atoms with Crippen molar-refractivity contribution in [2.45, 2.75) is 52.6 Å². The molecule has 7 heteroatoms. The van der Waals surface area contributed by atoms with Gasteiger partial charge in [0.25, 0.3) is 0 Å². The smallest absolute Gasteiger partial charge is 0.375 e. The Morgan fingerprint density at radius 2 is 1.51 bits per heavy atom. The first kappa shape index (κ1) is 27.6. The number of esters is 2. The van der Waals surface area contributed by atoms with Crippen molar-refractivity contribution in [3.63, 3.8) is 0 Å². The van der Waals surface area contributed by atoms with E-state index in [-0.39, 0.29) is 29.3 Å². The molecule has 0 spiro atoms. The minimum absolute atomic E-state index is 0.0312. The molecular formula is C30H34O7. The van der Waals surface area contributed by atoms with Gasteiger partial charge in [0.15, 0.2) is 0 Å². The zero-order chi connectivity index (χ0) is 27.3. The molecule has 1 heterocycles. The van der Waals surface area contributed by atoms with Gasteiger partial charge in [-0.05, 0) is 81.0 Å². The Morgan fingerprint density at radius 1 is 0.919 bits per heavy atom. The predicted molar refractivity (Wildman–Crippen MR) is 141 cm³/mol. The van der Waals surface area contributed by atoms with E-state index in [1.807, 2.05) is 45.9 Å². The van der Waals surface area contributed by atoms with E-state index in [0.717, 1.165) is 22.3 Å². The Morgan fingerprint density at radius 3 is 2.05 bits per heavy atom. The first-order valence-electron chi connectivity index (χ1n) is 12.0. The lowest BCUT2D eigenvalue weighted by molar-refractivity contribution is -0.169. The molecule has 0 fully saturated rings. The number of carbonyl (C=O) groups excluding carboxylic acids is 2. The SMILES string of the molecule is COC(=O)C1(Cc2cc(CC=C(C)C)c(O)cc2CC=C(C)C)OC(=O)C(OC)=C1c1ccc(O)cc1. The van der Waals surface area contributed by atoms with Crippen LogP contribution in [0.3, 0.4) is 0 Å². The number of hydrogen-bond acceptors (Lipinski definition) is 7. The molecule has 0 saturated heterocycles. The molecule has 2 aromatic rings. The van der Waals surface area contributed by atoms with Crippen LogP contribution in [-0.4, -0.2) is 42.0 Å². The lowest BCUT2D eigenvalue weighted by atomic mass is 9.81. The van der Waals surface area contributed by atoms with Crippen LogP contribution in [0.1, 0.15) is 49.9 Å². The fourth-order valence-corrected chi connectivity index (χ4v) is 4.37. The number of benzene rings is 2. The summed E-state index contributed by atoms with van der Waals surface area (Å²) >= 11 is 0. The number of hydrogen-bond donors (Lipinski definition) is 2. The summed E-state index contributed by atoms with van der Waals surface area (Å²) in [4.78, 5) is 26.4. The number of carbonyl (C=O) groups is 2. The van der Waals surface area contributed by atoms with Crippen LogP contribution >= 0.6 is 0 Å². The third-order valence-corrected chi connectivity index (χ3v) is 6.26. The van der Waals surface area contributed by atoms with E-state index < -0.39 is 17.5 Å². The Hall–Kier alpha value is -4.00. The third-order valence-electron chi connectivity index (χ3n) is 6.26. The Kier molecular flexibility index (Phi) is 8.48. The Labute approximate surface area is 217 Å². The molecule has 0 aliphatic carbocycles. The van der Waals surface area contributed by atoms with Crippen molar-refractivity contribution in [2.75, 3.05) is 14.2 Å². The summed E-state index contributed by atoms with van der Waals surface area (Å²) in [5.41, 5.74) is 3.25. The Balaban J connectivity index is 2.26. The van der Waals surface area contributed by atoms with Gasteiger partial charge in [-0.25, -0.2) is 9.59 Å². The number of phenols is 2. The number of cyclic esters (lactones) is 1. The molecule has 196 valence electrons. The molecule has 0 amide bonds. The fourth-order valence-electron chi connectivity index (χ4n) is 4.37. The molecular weight excluding hydrogens is 472 g/mol. The summed E-state index contributed by atoms with van der Waals surface area (Å²) in [6, 6.07) is 9.64. The van der Waals surface area contributed by atoms with Gasteiger partial charge in [0.2, 0.25) is 11.4 Å². The van der Waals surface area contributed by atoms with Gasteiger partial charge in [-0.15, -0.1) is 0 Å². The number of methoxy groups -OCH3 is 2. The molecule has 0 radical (unpaired) electrons.